The third-order valence-corrected chi connectivity index (χ3v) is 4.56. The standard InChI is InChI=1S/C12H14F3NO5S/c1-2-5-16(7-11(18)19)22(20,21)10-6-8(12(13,14)15)3-4-9(10)17/h3-4,6,17H,2,5,7H2,1H3,(H,18,19). The highest BCUT2D eigenvalue weighted by Gasteiger charge is 2.35. The van der Waals surface area contributed by atoms with Gasteiger partial charge in [-0.15, -0.1) is 0 Å². The van der Waals surface area contributed by atoms with Crippen LogP contribution in [0.15, 0.2) is 23.1 Å². The van der Waals surface area contributed by atoms with Gasteiger partial charge in [0, 0.05) is 6.54 Å². The molecule has 0 aliphatic carbocycles. The summed E-state index contributed by atoms with van der Waals surface area (Å²) in [6, 6.07) is 1.44. The second-order valence-corrected chi connectivity index (χ2v) is 6.32. The van der Waals surface area contributed by atoms with Gasteiger partial charge < -0.3 is 10.2 Å². The number of sulfonamides is 1. The number of alkyl halides is 3. The maximum Gasteiger partial charge on any atom is 0.416 e. The molecule has 0 heterocycles. The number of phenols is 1. The molecule has 0 aromatic heterocycles. The predicted molar refractivity (Wildman–Crippen MR) is 69.8 cm³/mol. The molecular formula is C12H14F3NO5S. The highest BCUT2D eigenvalue weighted by molar-refractivity contribution is 7.89. The van der Waals surface area contributed by atoms with Gasteiger partial charge in [-0.3, -0.25) is 4.79 Å². The van der Waals surface area contributed by atoms with Gasteiger partial charge in [-0.2, -0.15) is 17.5 Å². The summed E-state index contributed by atoms with van der Waals surface area (Å²) in [6.07, 6.45) is -4.54. The molecule has 0 atom stereocenters. The minimum Gasteiger partial charge on any atom is -0.507 e. The lowest BCUT2D eigenvalue weighted by atomic mass is 10.2. The number of halogens is 3. The van der Waals surface area contributed by atoms with Crippen molar-refractivity contribution >= 4 is 16.0 Å². The van der Waals surface area contributed by atoms with E-state index in [1.807, 2.05) is 0 Å². The Morgan fingerprint density at radius 3 is 2.36 bits per heavy atom. The van der Waals surface area contributed by atoms with E-state index < -0.39 is 44.9 Å². The number of aliphatic carboxylic acids is 1. The van der Waals surface area contributed by atoms with E-state index in [0.29, 0.717) is 16.4 Å². The van der Waals surface area contributed by atoms with Crippen LogP contribution in [0.5, 0.6) is 5.75 Å². The fourth-order valence-electron chi connectivity index (χ4n) is 1.72. The van der Waals surface area contributed by atoms with E-state index in [0.717, 1.165) is 0 Å². The van der Waals surface area contributed by atoms with Crippen LogP contribution < -0.4 is 0 Å². The zero-order chi connectivity index (χ0) is 17.1. The summed E-state index contributed by atoms with van der Waals surface area (Å²) in [4.78, 5) is 9.75. The normalized spacial score (nSPS) is 12.6. The molecule has 22 heavy (non-hydrogen) atoms. The molecule has 0 saturated heterocycles. The van der Waals surface area contributed by atoms with E-state index in [1.165, 1.54) is 0 Å². The van der Waals surface area contributed by atoms with Crippen LogP contribution in [-0.2, 0) is 21.0 Å². The number of benzene rings is 1. The summed E-state index contributed by atoms with van der Waals surface area (Å²) < 4.78 is 63.1. The Morgan fingerprint density at radius 1 is 1.32 bits per heavy atom. The molecule has 1 aromatic carbocycles. The Kier molecular flexibility index (Phi) is 5.41. The van der Waals surface area contributed by atoms with Gasteiger partial charge >= 0.3 is 12.1 Å². The van der Waals surface area contributed by atoms with Crippen molar-refractivity contribution in [3.63, 3.8) is 0 Å². The van der Waals surface area contributed by atoms with E-state index in [-0.39, 0.29) is 19.0 Å². The van der Waals surface area contributed by atoms with Crippen molar-refractivity contribution in [1.82, 2.24) is 4.31 Å². The Balaban J connectivity index is 3.39. The average molecular weight is 341 g/mol. The first-order chi connectivity index (χ1) is 10.00. The third-order valence-electron chi connectivity index (χ3n) is 2.69. The molecule has 0 radical (unpaired) electrons. The maximum atomic E-state index is 12.7. The number of carboxylic acids is 1. The molecule has 0 aliphatic rings. The molecule has 0 amide bonds. The fourth-order valence-corrected chi connectivity index (χ4v) is 3.31. The van der Waals surface area contributed by atoms with Crippen molar-refractivity contribution in [2.75, 3.05) is 13.1 Å². The molecule has 1 rings (SSSR count). The predicted octanol–water partition coefficient (Wildman–Crippen LogP) is 1.90. The van der Waals surface area contributed by atoms with Crippen molar-refractivity contribution in [1.29, 1.82) is 0 Å². The van der Waals surface area contributed by atoms with Gasteiger partial charge in [0.1, 0.15) is 17.2 Å². The SMILES string of the molecule is CCCN(CC(=O)O)S(=O)(=O)c1cc(C(F)(F)F)ccc1O. The van der Waals surface area contributed by atoms with Gasteiger partial charge in [0.2, 0.25) is 10.0 Å². The van der Waals surface area contributed by atoms with Crippen LogP contribution in [0, 0.1) is 0 Å². The smallest absolute Gasteiger partial charge is 0.416 e. The quantitative estimate of drug-likeness (QED) is 0.824. The first-order valence-corrected chi connectivity index (χ1v) is 7.56. The number of hydrogen-bond donors (Lipinski definition) is 2. The molecule has 6 nitrogen and oxygen atoms in total. The van der Waals surface area contributed by atoms with Gasteiger partial charge in [0.25, 0.3) is 0 Å². The molecule has 10 heteroatoms. The molecule has 0 spiro atoms. The molecule has 0 fully saturated rings. The number of phenolic OH excluding ortho intramolecular Hbond substituents is 1. The maximum absolute atomic E-state index is 12.7. The third kappa shape index (κ3) is 4.10. The van der Waals surface area contributed by atoms with Crippen LogP contribution in [0.4, 0.5) is 13.2 Å². The zero-order valence-electron chi connectivity index (χ0n) is 11.5. The monoisotopic (exact) mass is 341 g/mol. The van der Waals surface area contributed by atoms with Crippen molar-refractivity contribution in [2.24, 2.45) is 0 Å². The van der Waals surface area contributed by atoms with E-state index in [4.69, 9.17) is 5.11 Å². The van der Waals surface area contributed by atoms with Crippen molar-refractivity contribution in [3.8, 4) is 5.75 Å². The number of carboxylic acid groups (broad SMARTS) is 1. The number of rotatable bonds is 6. The van der Waals surface area contributed by atoms with Crippen molar-refractivity contribution in [3.05, 3.63) is 23.8 Å². The Hall–Kier alpha value is -1.81. The molecule has 124 valence electrons. The molecule has 0 saturated carbocycles. The van der Waals surface area contributed by atoms with E-state index in [9.17, 15) is 31.5 Å². The number of hydrogen-bond acceptors (Lipinski definition) is 4. The summed E-state index contributed by atoms with van der Waals surface area (Å²) in [6.45, 7) is 0.465. The van der Waals surface area contributed by atoms with Crippen LogP contribution in [0.3, 0.4) is 0 Å². The summed E-state index contributed by atoms with van der Waals surface area (Å²) in [5.41, 5.74) is -1.25. The van der Waals surface area contributed by atoms with E-state index in [2.05, 4.69) is 0 Å². The van der Waals surface area contributed by atoms with Gasteiger partial charge in [-0.05, 0) is 24.6 Å². The van der Waals surface area contributed by atoms with Crippen LogP contribution in [-0.4, -0.2) is 42.0 Å². The lowest BCUT2D eigenvalue weighted by Gasteiger charge is -2.20. The van der Waals surface area contributed by atoms with Gasteiger partial charge in [-0.25, -0.2) is 8.42 Å². The van der Waals surface area contributed by atoms with Crippen molar-refractivity contribution < 1.29 is 36.6 Å². The lowest BCUT2D eigenvalue weighted by Crippen LogP contribution is -2.36. The Labute approximate surface area is 124 Å². The van der Waals surface area contributed by atoms with Gasteiger partial charge in [0.15, 0.2) is 0 Å². The lowest BCUT2D eigenvalue weighted by molar-refractivity contribution is -0.138. The van der Waals surface area contributed by atoms with Crippen LogP contribution >= 0.6 is 0 Å². The molecule has 0 unspecified atom stereocenters. The zero-order valence-corrected chi connectivity index (χ0v) is 12.3. The highest BCUT2D eigenvalue weighted by Crippen LogP contribution is 2.35. The number of carbonyl (C=O) groups is 1. The average Bonchev–Trinajstić information content (AvgIpc) is 2.36. The first kappa shape index (κ1) is 18.2. The van der Waals surface area contributed by atoms with Gasteiger partial charge in [0.05, 0.1) is 5.56 Å². The summed E-state index contributed by atoms with van der Waals surface area (Å²) in [5, 5.41) is 18.3. The van der Waals surface area contributed by atoms with Crippen LogP contribution in [0.25, 0.3) is 0 Å². The van der Waals surface area contributed by atoms with Gasteiger partial charge in [-0.1, -0.05) is 6.92 Å². The van der Waals surface area contributed by atoms with E-state index in [1.54, 1.807) is 6.92 Å². The first-order valence-electron chi connectivity index (χ1n) is 6.12. The van der Waals surface area contributed by atoms with Crippen molar-refractivity contribution in [2.45, 2.75) is 24.4 Å². The van der Waals surface area contributed by atoms with Crippen LogP contribution in [0.2, 0.25) is 0 Å². The van der Waals surface area contributed by atoms with E-state index >= 15 is 0 Å². The largest absolute Gasteiger partial charge is 0.507 e. The molecule has 0 bridgehead atoms. The summed E-state index contributed by atoms with van der Waals surface area (Å²) in [5.74, 6) is -2.33. The molecule has 0 aliphatic heterocycles. The topological polar surface area (TPSA) is 94.9 Å². The van der Waals surface area contributed by atoms with Crippen LogP contribution in [0.1, 0.15) is 18.9 Å². The Bertz CT molecular complexity index is 657. The summed E-state index contributed by atoms with van der Waals surface area (Å²) in [7, 11) is -4.57. The second-order valence-electron chi connectivity index (χ2n) is 4.41. The number of aromatic hydroxyl groups is 1. The minimum atomic E-state index is -4.79. The minimum absolute atomic E-state index is 0.204. The molecule has 1 aromatic rings. The molecular weight excluding hydrogens is 327 g/mol. The number of nitrogens with zero attached hydrogens (tertiary/aromatic N) is 1. The second kappa shape index (κ2) is 6.53. The fraction of sp³-hybridized carbons (Fsp3) is 0.417. The molecule has 2 N–H and O–H groups in total. The Morgan fingerprint density at radius 2 is 1.91 bits per heavy atom. The summed E-state index contributed by atoms with van der Waals surface area (Å²) >= 11 is 0. The highest BCUT2D eigenvalue weighted by atomic mass is 32.2.